The Morgan fingerprint density at radius 1 is 0.955 bits per heavy atom. The number of aliphatic hydroxyl groups excluding tert-OH is 1. The molecule has 2 aromatic carbocycles. The van der Waals surface area contributed by atoms with Crippen molar-refractivity contribution in [3.8, 4) is 0 Å². The summed E-state index contributed by atoms with van der Waals surface area (Å²) in [5.41, 5.74) is 0.207. The van der Waals surface area contributed by atoms with E-state index in [1.807, 2.05) is 0 Å². The first-order valence-corrected chi connectivity index (χ1v) is 6.44. The number of allylic oxidation sites excluding steroid dienone is 1. The van der Waals surface area contributed by atoms with Gasteiger partial charge in [-0.2, -0.15) is 0 Å². The number of hydrogen-bond donors (Lipinski definition) is 1. The van der Waals surface area contributed by atoms with Crippen LogP contribution >= 0.6 is 0 Å². The third-order valence-corrected chi connectivity index (χ3v) is 2.90. The van der Waals surface area contributed by atoms with Crippen molar-refractivity contribution in [2.24, 2.45) is 0 Å². The quantitative estimate of drug-likeness (QED) is 0.396. The number of halogens is 2. The molecule has 22 heavy (non-hydrogen) atoms. The zero-order chi connectivity index (χ0) is 16.1. The van der Waals surface area contributed by atoms with Crippen molar-refractivity contribution in [3.63, 3.8) is 0 Å². The molecule has 0 radical (unpaired) electrons. The molecule has 0 aliphatic heterocycles. The van der Waals surface area contributed by atoms with E-state index in [9.17, 15) is 23.5 Å². The summed E-state index contributed by atoms with van der Waals surface area (Å²) < 4.78 is 26.0. The topological polar surface area (TPSA) is 54.4 Å². The number of Topliss-reactive ketones (excluding diaryl/α,β-unsaturated/α-hetero) is 1. The standard InChI is InChI=1S/C17H12F2O3/c18-13-5-1-3-11(7-13)16(21)9-15(20)10-17(22)12-4-2-6-14(19)8-12/h1-9,21H,10H2. The van der Waals surface area contributed by atoms with Gasteiger partial charge in [0.05, 0.1) is 6.42 Å². The van der Waals surface area contributed by atoms with Gasteiger partial charge in [-0.05, 0) is 24.3 Å². The molecule has 0 atom stereocenters. The fourth-order valence-electron chi connectivity index (χ4n) is 1.86. The zero-order valence-electron chi connectivity index (χ0n) is 11.4. The Bertz CT molecular complexity index is 751. The van der Waals surface area contributed by atoms with Gasteiger partial charge in [0.1, 0.15) is 17.4 Å². The summed E-state index contributed by atoms with van der Waals surface area (Å²) >= 11 is 0. The number of carbonyl (C=O) groups is 2. The van der Waals surface area contributed by atoms with Crippen LogP contribution < -0.4 is 0 Å². The van der Waals surface area contributed by atoms with Crippen molar-refractivity contribution in [3.05, 3.63) is 77.4 Å². The molecule has 3 nitrogen and oxygen atoms in total. The lowest BCUT2D eigenvalue weighted by Gasteiger charge is -2.01. The van der Waals surface area contributed by atoms with Crippen LogP contribution in [0.25, 0.3) is 5.76 Å². The molecule has 0 saturated carbocycles. The minimum Gasteiger partial charge on any atom is -0.507 e. The summed E-state index contributed by atoms with van der Waals surface area (Å²) in [7, 11) is 0. The number of rotatable bonds is 5. The van der Waals surface area contributed by atoms with Crippen molar-refractivity contribution in [2.75, 3.05) is 0 Å². The van der Waals surface area contributed by atoms with Gasteiger partial charge < -0.3 is 5.11 Å². The van der Waals surface area contributed by atoms with Gasteiger partial charge in [0.25, 0.3) is 0 Å². The summed E-state index contributed by atoms with van der Waals surface area (Å²) in [6, 6.07) is 10.1. The second-order valence-corrected chi connectivity index (χ2v) is 4.62. The zero-order valence-corrected chi connectivity index (χ0v) is 11.4. The van der Waals surface area contributed by atoms with Crippen LogP contribution in [0.3, 0.4) is 0 Å². The van der Waals surface area contributed by atoms with Gasteiger partial charge in [0, 0.05) is 17.2 Å². The molecular formula is C17H12F2O3. The third kappa shape index (κ3) is 4.09. The Morgan fingerprint density at radius 2 is 1.50 bits per heavy atom. The predicted molar refractivity (Wildman–Crippen MR) is 77.4 cm³/mol. The van der Waals surface area contributed by atoms with Crippen molar-refractivity contribution >= 4 is 17.3 Å². The van der Waals surface area contributed by atoms with Crippen LogP contribution in [0.5, 0.6) is 0 Å². The van der Waals surface area contributed by atoms with E-state index in [1.54, 1.807) is 0 Å². The van der Waals surface area contributed by atoms with Gasteiger partial charge in [-0.25, -0.2) is 8.78 Å². The first-order valence-electron chi connectivity index (χ1n) is 6.44. The smallest absolute Gasteiger partial charge is 0.170 e. The Balaban J connectivity index is 2.09. The van der Waals surface area contributed by atoms with E-state index in [1.165, 1.54) is 36.4 Å². The monoisotopic (exact) mass is 302 g/mol. The number of benzene rings is 2. The Hall–Kier alpha value is -2.82. The predicted octanol–water partition coefficient (Wildman–Crippen LogP) is 3.71. The highest BCUT2D eigenvalue weighted by atomic mass is 19.1. The van der Waals surface area contributed by atoms with Crippen molar-refractivity contribution < 1.29 is 23.5 Å². The van der Waals surface area contributed by atoms with E-state index in [2.05, 4.69) is 0 Å². The Morgan fingerprint density at radius 3 is 2.09 bits per heavy atom. The SMILES string of the molecule is O=C(C=C(O)c1cccc(F)c1)CC(=O)c1cccc(F)c1. The van der Waals surface area contributed by atoms with E-state index < -0.39 is 35.4 Å². The van der Waals surface area contributed by atoms with Crippen LogP contribution in [0, 0.1) is 11.6 Å². The molecule has 0 aliphatic carbocycles. The molecule has 0 heterocycles. The van der Waals surface area contributed by atoms with Crippen LogP contribution in [-0.4, -0.2) is 16.7 Å². The van der Waals surface area contributed by atoms with E-state index in [0.29, 0.717) is 0 Å². The molecule has 1 N–H and O–H groups in total. The summed E-state index contributed by atoms with van der Waals surface area (Å²) in [6.45, 7) is 0. The maximum Gasteiger partial charge on any atom is 0.170 e. The van der Waals surface area contributed by atoms with Crippen LogP contribution in [0.4, 0.5) is 8.78 Å². The Labute approximate surface area is 125 Å². The van der Waals surface area contributed by atoms with Gasteiger partial charge in [0.15, 0.2) is 11.6 Å². The molecule has 0 aromatic heterocycles. The molecule has 0 amide bonds. The van der Waals surface area contributed by atoms with E-state index in [4.69, 9.17) is 0 Å². The minimum atomic E-state index is -0.656. The van der Waals surface area contributed by atoms with Gasteiger partial charge in [-0.3, -0.25) is 9.59 Å². The molecule has 2 aromatic rings. The van der Waals surface area contributed by atoms with Crippen LogP contribution in [0.2, 0.25) is 0 Å². The van der Waals surface area contributed by atoms with Crippen LogP contribution in [0.1, 0.15) is 22.3 Å². The number of aliphatic hydroxyl groups is 1. The lowest BCUT2D eigenvalue weighted by atomic mass is 10.0. The summed E-state index contributed by atoms with van der Waals surface area (Å²) in [6.07, 6.45) is 0.342. The van der Waals surface area contributed by atoms with E-state index in [-0.39, 0.29) is 11.1 Å². The number of hydrogen-bond acceptors (Lipinski definition) is 3. The molecule has 112 valence electrons. The molecule has 0 bridgehead atoms. The molecular weight excluding hydrogens is 290 g/mol. The Kier molecular flexibility index (Phi) is 4.78. The van der Waals surface area contributed by atoms with Crippen molar-refractivity contribution in [1.82, 2.24) is 0 Å². The van der Waals surface area contributed by atoms with Gasteiger partial charge >= 0.3 is 0 Å². The fraction of sp³-hybridized carbons (Fsp3) is 0.0588. The average molecular weight is 302 g/mol. The van der Waals surface area contributed by atoms with E-state index >= 15 is 0 Å². The van der Waals surface area contributed by atoms with Crippen LogP contribution in [0.15, 0.2) is 54.6 Å². The highest BCUT2D eigenvalue weighted by Gasteiger charge is 2.12. The molecule has 0 fully saturated rings. The lowest BCUT2D eigenvalue weighted by molar-refractivity contribution is -0.113. The number of carbonyl (C=O) groups excluding carboxylic acids is 2. The molecule has 5 heteroatoms. The highest BCUT2D eigenvalue weighted by molar-refractivity contribution is 6.12. The third-order valence-electron chi connectivity index (χ3n) is 2.90. The maximum atomic E-state index is 13.0. The lowest BCUT2D eigenvalue weighted by Crippen LogP contribution is -2.07. The average Bonchev–Trinajstić information content (AvgIpc) is 2.47. The number of ketones is 2. The molecule has 0 unspecified atom stereocenters. The summed E-state index contributed by atoms with van der Waals surface area (Å²) in [5, 5.41) is 9.75. The minimum absolute atomic E-state index is 0.0759. The second kappa shape index (κ2) is 6.76. The first kappa shape index (κ1) is 15.6. The van der Waals surface area contributed by atoms with Crippen molar-refractivity contribution in [1.29, 1.82) is 0 Å². The molecule has 0 aliphatic rings. The summed E-state index contributed by atoms with van der Waals surface area (Å²) in [5.74, 6) is -2.78. The van der Waals surface area contributed by atoms with Gasteiger partial charge in [-0.1, -0.05) is 24.3 Å². The fourth-order valence-corrected chi connectivity index (χ4v) is 1.86. The van der Waals surface area contributed by atoms with Gasteiger partial charge in [0.2, 0.25) is 0 Å². The second-order valence-electron chi connectivity index (χ2n) is 4.62. The van der Waals surface area contributed by atoms with Crippen molar-refractivity contribution in [2.45, 2.75) is 6.42 Å². The van der Waals surface area contributed by atoms with Crippen LogP contribution in [-0.2, 0) is 4.79 Å². The molecule has 2 rings (SSSR count). The maximum absolute atomic E-state index is 13.0. The van der Waals surface area contributed by atoms with E-state index in [0.717, 1.165) is 18.2 Å². The van der Waals surface area contributed by atoms with Gasteiger partial charge in [-0.15, -0.1) is 0 Å². The molecule has 0 saturated heterocycles. The normalized spacial score (nSPS) is 11.3. The first-order chi connectivity index (χ1) is 10.5. The molecule has 0 spiro atoms. The highest BCUT2D eigenvalue weighted by Crippen LogP contribution is 2.14. The largest absolute Gasteiger partial charge is 0.507 e. The summed E-state index contributed by atoms with van der Waals surface area (Å²) in [4.78, 5) is 23.6.